The van der Waals surface area contributed by atoms with Crippen molar-refractivity contribution in [3.8, 4) is 0 Å². The number of alkyl carbamates (subject to hydrolysis) is 1. The van der Waals surface area contributed by atoms with E-state index in [1.54, 1.807) is 6.92 Å². The standard InChI is InChI=1S/C13H21F6NO2/c1-4-6-7-9(5-2)8-22-10(21)20-11(3,12(14,15)16)13(17,18)19/h9H,4-8H2,1-3H3,(H,20,21)/t9-/m0/s1. The predicted molar refractivity (Wildman–Crippen MR) is 68.3 cm³/mol. The van der Waals surface area contributed by atoms with Gasteiger partial charge in [0.15, 0.2) is 0 Å². The molecule has 0 fully saturated rings. The van der Waals surface area contributed by atoms with Crippen LogP contribution in [0.1, 0.15) is 46.5 Å². The Bertz CT molecular complexity index is 339. The Hall–Kier alpha value is -1.15. The molecule has 0 radical (unpaired) electrons. The molecule has 0 unspecified atom stereocenters. The molecule has 0 rings (SSSR count). The number of hydrogen-bond donors (Lipinski definition) is 1. The van der Waals surface area contributed by atoms with Crippen LogP contribution in [0.2, 0.25) is 0 Å². The number of carbonyl (C=O) groups excluding carboxylic acids is 1. The van der Waals surface area contributed by atoms with Crippen molar-refractivity contribution >= 4 is 6.09 Å². The number of unbranched alkanes of at least 4 members (excludes halogenated alkanes) is 1. The maximum atomic E-state index is 12.6. The van der Waals surface area contributed by atoms with Gasteiger partial charge in [-0.1, -0.05) is 33.1 Å². The highest BCUT2D eigenvalue weighted by atomic mass is 19.4. The van der Waals surface area contributed by atoms with E-state index in [0.29, 0.717) is 12.8 Å². The summed E-state index contributed by atoms with van der Waals surface area (Å²) in [4.78, 5) is 11.3. The maximum Gasteiger partial charge on any atom is 0.420 e. The van der Waals surface area contributed by atoms with E-state index in [4.69, 9.17) is 0 Å². The average molecular weight is 337 g/mol. The van der Waals surface area contributed by atoms with Crippen LogP contribution in [-0.4, -0.2) is 30.6 Å². The molecule has 1 amide bonds. The molecule has 0 aromatic rings. The van der Waals surface area contributed by atoms with Gasteiger partial charge >= 0.3 is 18.4 Å². The fraction of sp³-hybridized carbons (Fsp3) is 0.923. The highest BCUT2D eigenvalue weighted by Gasteiger charge is 2.69. The summed E-state index contributed by atoms with van der Waals surface area (Å²) in [6, 6.07) is 0. The molecule has 0 aliphatic rings. The van der Waals surface area contributed by atoms with Gasteiger partial charge < -0.3 is 4.74 Å². The Labute approximate surface area is 125 Å². The summed E-state index contributed by atoms with van der Waals surface area (Å²) < 4.78 is 80.1. The second kappa shape index (κ2) is 7.92. The molecular weight excluding hydrogens is 316 g/mol. The number of alkyl halides is 6. The van der Waals surface area contributed by atoms with Crippen molar-refractivity contribution in [2.45, 2.75) is 64.3 Å². The summed E-state index contributed by atoms with van der Waals surface area (Å²) in [5.74, 6) is -0.0891. The van der Waals surface area contributed by atoms with Crippen molar-refractivity contribution < 1.29 is 35.9 Å². The quantitative estimate of drug-likeness (QED) is 0.677. The Balaban J connectivity index is 4.73. The van der Waals surface area contributed by atoms with E-state index < -0.39 is 24.0 Å². The van der Waals surface area contributed by atoms with Crippen LogP contribution in [0, 0.1) is 5.92 Å². The molecule has 0 heterocycles. The smallest absolute Gasteiger partial charge is 0.420 e. The first-order chi connectivity index (χ1) is 9.89. The van der Waals surface area contributed by atoms with Crippen molar-refractivity contribution in [1.82, 2.24) is 5.32 Å². The van der Waals surface area contributed by atoms with Gasteiger partial charge in [0.25, 0.3) is 0 Å². The van der Waals surface area contributed by atoms with Crippen LogP contribution in [0.5, 0.6) is 0 Å². The lowest BCUT2D eigenvalue weighted by atomic mass is 10.0. The summed E-state index contributed by atoms with van der Waals surface area (Å²) >= 11 is 0. The van der Waals surface area contributed by atoms with Gasteiger partial charge in [0.05, 0.1) is 6.61 Å². The molecule has 0 aliphatic heterocycles. The third kappa shape index (κ3) is 5.57. The first-order valence-corrected chi connectivity index (χ1v) is 6.97. The molecule has 1 N–H and O–H groups in total. The number of carbonyl (C=O) groups is 1. The van der Waals surface area contributed by atoms with Crippen LogP contribution in [0.25, 0.3) is 0 Å². The van der Waals surface area contributed by atoms with Crippen LogP contribution >= 0.6 is 0 Å². The van der Waals surface area contributed by atoms with E-state index in [-0.39, 0.29) is 19.4 Å². The normalized spacial score (nSPS) is 14.6. The molecule has 22 heavy (non-hydrogen) atoms. The number of halogens is 6. The van der Waals surface area contributed by atoms with E-state index in [1.165, 1.54) is 0 Å². The van der Waals surface area contributed by atoms with E-state index in [1.807, 2.05) is 6.92 Å². The SMILES string of the molecule is CCCC[C@H](CC)COC(=O)NC(C)(C(F)(F)F)C(F)(F)F. The first kappa shape index (κ1) is 20.9. The maximum absolute atomic E-state index is 12.6. The van der Waals surface area contributed by atoms with E-state index in [0.717, 1.165) is 18.2 Å². The molecule has 0 saturated heterocycles. The summed E-state index contributed by atoms with van der Waals surface area (Å²) in [5, 5.41) is 0.898. The molecule has 1 atom stereocenters. The van der Waals surface area contributed by atoms with Crippen molar-refractivity contribution in [2.24, 2.45) is 5.92 Å². The van der Waals surface area contributed by atoms with Crippen LogP contribution in [0.4, 0.5) is 31.1 Å². The Morgan fingerprint density at radius 1 is 1.09 bits per heavy atom. The Morgan fingerprint density at radius 2 is 1.59 bits per heavy atom. The predicted octanol–water partition coefficient (Wildman–Crippen LogP) is 4.81. The van der Waals surface area contributed by atoms with Crippen LogP contribution < -0.4 is 5.32 Å². The summed E-state index contributed by atoms with van der Waals surface area (Å²) in [6.07, 6.45) is -10.1. The van der Waals surface area contributed by atoms with Crippen molar-refractivity contribution in [3.63, 3.8) is 0 Å². The topological polar surface area (TPSA) is 38.3 Å². The molecule has 9 heteroatoms. The highest BCUT2D eigenvalue weighted by molar-refractivity contribution is 5.68. The average Bonchev–Trinajstić information content (AvgIpc) is 2.36. The fourth-order valence-electron chi connectivity index (χ4n) is 1.63. The van der Waals surface area contributed by atoms with Crippen LogP contribution in [0.3, 0.4) is 0 Å². The summed E-state index contributed by atoms with van der Waals surface area (Å²) in [6.45, 7) is 3.40. The summed E-state index contributed by atoms with van der Waals surface area (Å²) in [5.41, 5.74) is -4.35. The van der Waals surface area contributed by atoms with Gasteiger partial charge in [0, 0.05) is 0 Å². The molecule has 0 aromatic carbocycles. The minimum absolute atomic E-state index is 0.0891. The number of hydrogen-bond acceptors (Lipinski definition) is 2. The van der Waals surface area contributed by atoms with Gasteiger partial charge in [-0.15, -0.1) is 0 Å². The number of ether oxygens (including phenoxy) is 1. The zero-order valence-electron chi connectivity index (χ0n) is 12.7. The molecule has 0 aromatic heterocycles. The lowest BCUT2D eigenvalue weighted by Gasteiger charge is -2.34. The lowest BCUT2D eigenvalue weighted by molar-refractivity contribution is -0.298. The molecule has 0 saturated carbocycles. The Morgan fingerprint density at radius 3 is 1.95 bits per heavy atom. The van der Waals surface area contributed by atoms with Gasteiger partial charge in [-0.05, 0) is 19.3 Å². The largest absolute Gasteiger partial charge is 0.449 e. The van der Waals surface area contributed by atoms with Gasteiger partial charge in [-0.25, -0.2) is 4.79 Å². The minimum Gasteiger partial charge on any atom is -0.449 e. The highest BCUT2D eigenvalue weighted by Crippen LogP contribution is 2.42. The third-order valence-corrected chi connectivity index (χ3v) is 3.48. The zero-order valence-corrected chi connectivity index (χ0v) is 12.7. The fourth-order valence-corrected chi connectivity index (χ4v) is 1.63. The van der Waals surface area contributed by atoms with Gasteiger partial charge in [0.1, 0.15) is 0 Å². The zero-order chi connectivity index (χ0) is 17.6. The van der Waals surface area contributed by atoms with Gasteiger partial charge in [-0.3, -0.25) is 5.32 Å². The molecular formula is C13H21F6NO2. The molecule has 0 bridgehead atoms. The van der Waals surface area contributed by atoms with E-state index in [9.17, 15) is 31.1 Å². The number of nitrogens with one attached hydrogen (secondary N) is 1. The molecule has 132 valence electrons. The number of amides is 1. The first-order valence-electron chi connectivity index (χ1n) is 6.97. The second-order valence-corrected chi connectivity index (χ2v) is 5.26. The third-order valence-electron chi connectivity index (χ3n) is 3.48. The van der Waals surface area contributed by atoms with Crippen molar-refractivity contribution in [1.29, 1.82) is 0 Å². The second-order valence-electron chi connectivity index (χ2n) is 5.26. The molecule has 0 spiro atoms. The minimum atomic E-state index is -5.68. The van der Waals surface area contributed by atoms with Gasteiger partial charge in [0.2, 0.25) is 5.54 Å². The van der Waals surface area contributed by atoms with Gasteiger partial charge in [-0.2, -0.15) is 26.3 Å². The van der Waals surface area contributed by atoms with E-state index in [2.05, 4.69) is 4.74 Å². The van der Waals surface area contributed by atoms with E-state index >= 15 is 0 Å². The lowest BCUT2D eigenvalue weighted by Crippen LogP contribution is -2.65. The monoisotopic (exact) mass is 337 g/mol. The molecule has 3 nitrogen and oxygen atoms in total. The van der Waals surface area contributed by atoms with Crippen LogP contribution in [-0.2, 0) is 4.74 Å². The van der Waals surface area contributed by atoms with Crippen molar-refractivity contribution in [2.75, 3.05) is 6.61 Å². The van der Waals surface area contributed by atoms with Crippen LogP contribution in [0.15, 0.2) is 0 Å². The summed E-state index contributed by atoms with van der Waals surface area (Å²) in [7, 11) is 0. The molecule has 0 aliphatic carbocycles. The Kier molecular flexibility index (Phi) is 7.50. The number of rotatable bonds is 7. The van der Waals surface area contributed by atoms with Crippen molar-refractivity contribution in [3.05, 3.63) is 0 Å².